The maximum atomic E-state index is 6.49. The summed E-state index contributed by atoms with van der Waals surface area (Å²) in [7, 11) is 0. The van der Waals surface area contributed by atoms with Crippen molar-refractivity contribution in [3.05, 3.63) is 34.9 Å². The summed E-state index contributed by atoms with van der Waals surface area (Å²) in [5, 5.41) is 7.73. The van der Waals surface area contributed by atoms with Crippen LogP contribution in [0.3, 0.4) is 0 Å². The van der Waals surface area contributed by atoms with Gasteiger partial charge in [0.15, 0.2) is 0 Å². The van der Waals surface area contributed by atoms with Crippen molar-refractivity contribution >= 4 is 17.4 Å². The minimum atomic E-state index is 0.501. The van der Waals surface area contributed by atoms with Crippen LogP contribution in [0.25, 0.3) is 11.3 Å². The number of aromatic amines is 1. The molecule has 1 aliphatic rings. The van der Waals surface area contributed by atoms with Crippen molar-refractivity contribution in [2.24, 2.45) is 5.92 Å². The number of nitrogens with one attached hydrogen (secondary N) is 1. The molecule has 2 aromatic rings. The summed E-state index contributed by atoms with van der Waals surface area (Å²) >= 11 is 6.49. The largest absolute Gasteiger partial charge is 0.382 e. The molecule has 1 fully saturated rings. The van der Waals surface area contributed by atoms with Gasteiger partial charge in [0.05, 0.1) is 5.69 Å². The summed E-state index contributed by atoms with van der Waals surface area (Å²) in [6.45, 7) is 2.34. The Morgan fingerprint density at radius 2 is 1.95 bits per heavy atom. The van der Waals surface area contributed by atoms with E-state index in [1.165, 1.54) is 31.2 Å². The number of aromatic nitrogens is 2. The van der Waals surface area contributed by atoms with Gasteiger partial charge in [0.2, 0.25) is 0 Å². The molecule has 3 N–H and O–H groups in total. The highest BCUT2D eigenvalue weighted by Gasteiger charge is 2.21. The molecule has 0 saturated heterocycles. The molecular weight excluding hydrogens is 270 g/mol. The number of halogens is 1. The van der Waals surface area contributed by atoms with E-state index in [4.69, 9.17) is 17.3 Å². The Kier molecular flexibility index (Phi) is 3.70. The Labute approximate surface area is 124 Å². The molecule has 0 unspecified atom stereocenters. The van der Waals surface area contributed by atoms with E-state index in [0.29, 0.717) is 11.7 Å². The van der Waals surface area contributed by atoms with E-state index in [-0.39, 0.29) is 0 Å². The summed E-state index contributed by atoms with van der Waals surface area (Å²) in [6, 6.07) is 8.11. The van der Waals surface area contributed by atoms with Crippen molar-refractivity contribution in [3.8, 4) is 11.3 Å². The van der Waals surface area contributed by atoms with Gasteiger partial charge in [-0.2, -0.15) is 5.10 Å². The Hall–Kier alpha value is -1.48. The zero-order chi connectivity index (χ0) is 14.1. The van der Waals surface area contributed by atoms with E-state index >= 15 is 0 Å². The van der Waals surface area contributed by atoms with Crippen molar-refractivity contribution in [1.29, 1.82) is 0 Å². The molecule has 1 heterocycles. The molecule has 0 radical (unpaired) electrons. The van der Waals surface area contributed by atoms with Crippen LogP contribution >= 0.6 is 11.6 Å². The van der Waals surface area contributed by atoms with E-state index < -0.39 is 0 Å². The quantitative estimate of drug-likeness (QED) is 0.848. The van der Waals surface area contributed by atoms with Crippen LogP contribution < -0.4 is 5.73 Å². The fourth-order valence-electron chi connectivity index (χ4n) is 3.08. The van der Waals surface area contributed by atoms with Crippen LogP contribution in [0.2, 0.25) is 5.02 Å². The molecule has 0 spiro atoms. The number of hydrogen-bond donors (Lipinski definition) is 2. The zero-order valence-electron chi connectivity index (χ0n) is 11.7. The van der Waals surface area contributed by atoms with Crippen LogP contribution in [0.5, 0.6) is 0 Å². The predicted octanol–water partition coefficient (Wildman–Crippen LogP) is 4.61. The fourth-order valence-corrected chi connectivity index (χ4v) is 3.42. The number of rotatable bonds is 2. The molecule has 1 aromatic heterocycles. The first-order chi connectivity index (χ1) is 9.63. The van der Waals surface area contributed by atoms with Gasteiger partial charge in [0.25, 0.3) is 0 Å². The SMILES string of the molecule is CC1CCC(c2ccc(-c3cc(N)n[nH]3)cc2Cl)CC1. The molecule has 1 aliphatic carbocycles. The summed E-state index contributed by atoms with van der Waals surface area (Å²) in [4.78, 5) is 0. The average molecular weight is 290 g/mol. The summed E-state index contributed by atoms with van der Waals surface area (Å²) in [5.41, 5.74) is 8.87. The van der Waals surface area contributed by atoms with Crippen LogP contribution in [0, 0.1) is 5.92 Å². The highest BCUT2D eigenvalue weighted by Crippen LogP contribution is 2.39. The van der Waals surface area contributed by atoms with E-state index in [0.717, 1.165) is 22.2 Å². The number of nitrogens with two attached hydrogens (primary N) is 1. The molecule has 3 nitrogen and oxygen atoms in total. The smallest absolute Gasteiger partial charge is 0.145 e. The summed E-state index contributed by atoms with van der Waals surface area (Å²) < 4.78 is 0. The molecule has 0 bridgehead atoms. The van der Waals surface area contributed by atoms with Crippen molar-refractivity contribution in [3.63, 3.8) is 0 Å². The Bertz CT molecular complexity index is 598. The molecule has 0 amide bonds. The lowest BCUT2D eigenvalue weighted by Crippen LogP contribution is -2.11. The predicted molar refractivity (Wildman–Crippen MR) is 83.8 cm³/mol. The molecule has 3 rings (SSSR count). The third kappa shape index (κ3) is 2.68. The molecule has 0 aliphatic heterocycles. The third-order valence-electron chi connectivity index (χ3n) is 4.36. The number of nitrogen functional groups attached to an aromatic ring is 1. The van der Waals surface area contributed by atoms with Crippen LogP contribution in [-0.4, -0.2) is 10.2 Å². The average Bonchev–Trinajstić information content (AvgIpc) is 2.87. The molecule has 1 saturated carbocycles. The van der Waals surface area contributed by atoms with Gasteiger partial charge < -0.3 is 5.73 Å². The van der Waals surface area contributed by atoms with Crippen LogP contribution in [-0.2, 0) is 0 Å². The van der Waals surface area contributed by atoms with E-state index in [9.17, 15) is 0 Å². The normalized spacial score (nSPS) is 22.9. The first-order valence-electron chi connectivity index (χ1n) is 7.24. The summed E-state index contributed by atoms with van der Waals surface area (Å²) in [5.74, 6) is 1.97. The van der Waals surface area contributed by atoms with Gasteiger partial charge in [-0.3, -0.25) is 5.10 Å². The number of anilines is 1. The van der Waals surface area contributed by atoms with Crippen LogP contribution in [0.1, 0.15) is 44.1 Å². The standard InChI is InChI=1S/C16H20ClN3/c1-10-2-4-11(5-3-10)13-7-6-12(8-14(13)17)15-9-16(18)20-19-15/h6-11H,2-5H2,1H3,(H3,18,19,20). The van der Waals surface area contributed by atoms with E-state index in [1.807, 2.05) is 12.1 Å². The topological polar surface area (TPSA) is 54.7 Å². The van der Waals surface area contributed by atoms with Crippen molar-refractivity contribution in [2.75, 3.05) is 5.73 Å². The fraction of sp³-hybridized carbons (Fsp3) is 0.438. The Balaban J connectivity index is 1.84. The van der Waals surface area contributed by atoms with Gasteiger partial charge in [-0.25, -0.2) is 0 Å². The molecule has 106 valence electrons. The minimum absolute atomic E-state index is 0.501. The van der Waals surface area contributed by atoms with E-state index in [1.54, 1.807) is 0 Å². The maximum Gasteiger partial charge on any atom is 0.145 e. The van der Waals surface area contributed by atoms with Crippen LogP contribution in [0.4, 0.5) is 5.82 Å². The molecule has 1 aromatic carbocycles. The van der Waals surface area contributed by atoms with Gasteiger partial charge >= 0.3 is 0 Å². The van der Waals surface area contributed by atoms with Gasteiger partial charge in [-0.15, -0.1) is 0 Å². The molecule has 0 atom stereocenters. The van der Waals surface area contributed by atoms with Crippen molar-refractivity contribution in [2.45, 2.75) is 38.5 Å². The number of nitrogens with zero attached hydrogens (tertiary/aromatic N) is 1. The molecular formula is C16H20ClN3. The number of benzene rings is 1. The zero-order valence-corrected chi connectivity index (χ0v) is 12.5. The van der Waals surface area contributed by atoms with Gasteiger partial charge in [-0.05, 0) is 36.3 Å². The summed E-state index contributed by atoms with van der Waals surface area (Å²) in [6.07, 6.45) is 5.11. The lowest BCUT2D eigenvalue weighted by Gasteiger charge is -2.27. The second-order valence-electron chi connectivity index (χ2n) is 5.90. The molecule has 4 heteroatoms. The minimum Gasteiger partial charge on any atom is -0.382 e. The van der Waals surface area contributed by atoms with Gasteiger partial charge in [0.1, 0.15) is 5.82 Å². The second-order valence-corrected chi connectivity index (χ2v) is 6.31. The number of H-pyrrole nitrogens is 1. The van der Waals surface area contributed by atoms with Crippen LogP contribution in [0.15, 0.2) is 24.3 Å². The maximum absolute atomic E-state index is 6.49. The third-order valence-corrected chi connectivity index (χ3v) is 4.69. The highest BCUT2D eigenvalue weighted by molar-refractivity contribution is 6.31. The lowest BCUT2D eigenvalue weighted by atomic mass is 9.79. The van der Waals surface area contributed by atoms with Crippen molar-refractivity contribution < 1.29 is 0 Å². The molecule has 20 heavy (non-hydrogen) atoms. The van der Waals surface area contributed by atoms with Gasteiger partial charge in [-0.1, -0.05) is 43.5 Å². The monoisotopic (exact) mass is 289 g/mol. The Morgan fingerprint density at radius 1 is 1.20 bits per heavy atom. The second kappa shape index (κ2) is 5.49. The number of hydrogen-bond acceptors (Lipinski definition) is 2. The first-order valence-corrected chi connectivity index (χ1v) is 7.62. The van der Waals surface area contributed by atoms with Gasteiger partial charge in [0, 0.05) is 16.7 Å². The first kappa shape index (κ1) is 13.5. The van der Waals surface area contributed by atoms with E-state index in [2.05, 4.69) is 29.3 Å². The highest BCUT2D eigenvalue weighted by atomic mass is 35.5. The van der Waals surface area contributed by atoms with Crippen molar-refractivity contribution in [1.82, 2.24) is 10.2 Å². The Morgan fingerprint density at radius 3 is 2.55 bits per heavy atom. The lowest BCUT2D eigenvalue weighted by molar-refractivity contribution is 0.348.